The van der Waals surface area contributed by atoms with Crippen molar-refractivity contribution in [1.29, 1.82) is 0 Å². The van der Waals surface area contributed by atoms with Crippen LogP contribution in [0.2, 0.25) is 0 Å². The van der Waals surface area contributed by atoms with E-state index in [2.05, 4.69) is 15.8 Å². The summed E-state index contributed by atoms with van der Waals surface area (Å²) in [5, 5.41) is 7.93. The van der Waals surface area contributed by atoms with Gasteiger partial charge in [-0.1, -0.05) is 5.22 Å². The number of rotatable bonds is 1. The highest BCUT2D eigenvalue weighted by Crippen LogP contribution is 2.28. The highest BCUT2D eigenvalue weighted by Gasteiger charge is 2.32. The van der Waals surface area contributed by atoms with E-state index in [0.717, 1.165) is 19.4 Å². The van der Waals surface area contributed by atoms with Crippen molar-refractivity contribution >= 4 is 0 Å². The lowest BCUT2D eigenvalue weighted by atomic mass is 9.83. The van der Waals surface area contributed by atoms with E-state index in [1.807, 2.05) is 0 Å². The fourth-order valence-electron chi connectivity index (χ4n) is 1.91. The van der Waals surface area contributed by atoms with E-state index in [4.69, 9.17) is 5.73 Å². The van der Waals surface area contributed by atoms with Crippen LogP contribution in [0.15, 0.2) is 10.3 Å². The molecule has 0 bridgehead atoms. The second-order valence-corrected chi connectivity index (χ2v) is 3.43. The van der Waals surface area contributed by atoms with Crippen molar-refractivity contribution in [3.8, 4) is 0 Å². The predicted molar refractivity (Wildman–Crippen MR) is 42.0 cm³/mol. The average molecular weight is 154 g/mol. The van der Waals surface area contributed by atoms with Gasteiger partial charge in [-0.05, 0) is 31.7 Å². The molecule has 0 aromatic rings. The molecule has 0 radical (unpaired) electrons. The highest BCUT2D eigenvalue weighted by atomic mass is 15.5. The van der Waals surface area contributed by atoms with Gasteiger partial charge in [0.05, 0.1) is 12.1 Å². The Morgan fingerprint density at radius 2 is 2.36 bits per heavy atom. The Morgan fingerprint density at radius 3 is 3.18 bits per heavy atom. The summed E-state index contributed by atoms with van der Waals surface area (Å²) >= 11 is 0. The van der Waals surface area contributed by atoms with E-state index in [0.29, 0.717) is 18.0 Å². The molecule has 3 unspecified atom stereocenters. The Labute approximate surface area is 66.2 Å². The van der Waals surface area contributed by atoms with Gasteiger partial charge in [0, 0.05) is 0 Å². The molecule has 0 aromatic carbocycles. The summed E-state index contributed by atoms with van der Waals surface area (Å²) in [6.07, 6.45) is 3.52. The fraction of sp³-hybridized carbons (Fsp3) is 1.00. The molecule has 4 heteroatoms. The van der Waals surface area contributed by atoms with Gasteiger partial charge in [-0.15, -0.1) is 0 Å². The van der Waals surface area contributed by atoms with E-state index < -0.39 is 0 Å². The number of fused-ring (bicyclic) bond motifs is 1. The maximum Gasteiger partial charge on any atom is 0.0947 e. The van der Waals surface area contributed by atoms with E-state index >= 15 is 0 Å². The molecular weight excluding hydrogens is 140 g/mol. The molecule has 3 N–H and O–H groups in total. The normalized spacial score (nSPS) is 41.7. The van der Waals surface area contributed by atoms with Gasteiger partial charge in [0.1, 0.15) is 0 Å². The van der Waals surface area contributed by atoms with Crippen LogP contribution in [0, 0.1) is 5.92 Å². The van der Waals surface area contributed by atoms with E-state index in [1.165, 1.54) is 6.42 Å². The molecule has 0 saturated heterocycles. The number of hydrogen-bond acceptors (Lipinski definition) is 4. The molecule has 1 saturated carbocycles. The molecule has 1 heterocycles. The lowest BCUT2D eigenvalue weighted by Gasteiger charge is -2.28. The first-order valence-corrected chi connectivity index (χ1v) is 4.25. The van der Waals surface area contributed by atoms with Gasteiger partial charge in [-0.25, -0.2) is 0 Å². The van der Waals surface area contributed by atoms with Gasteiger partial charge in [0.25, 0.3) is 0 Å². The molecule has 1 aliphatic heterocycles. The van der Waals surface area contributed by atoms with Crippen LogP contribution in [0.4, 0.5) is 0 Å². The molecule has 62 valence electrons. The molecule has 2 aliphatic rings. The molecule has 0 amide bonds. The summed E-state index contributed by atoms with van der Waals surface area (Å²) in [6, 6.07) is 0.926. The number of nitrogens with zero attached hydrogens (tertiary/aromatic N) is 2. The highest BCUT2D eigenvalue weighted by molar-refractivity contribution is 4.90. The zero-order chi connectivity index (χ0) is 7.68. The van der Waals surface area contributed by atoms with Crippen molar-refractivity contribution < 1.29 is 0 Å². The molecule has 0 spiro atoms. The van der Waals surface area contributed by atoms with Crippen molar-refractivity contribution in [3.63, 3.8) is 0 Å². The first-order valence-electron chi connectivity index (χ1n) is 4.25. The molecule has 11 heavy (non-hydrogen) atoms. The van der Waals surface area contributed by atoms with E-state index in [9.17, 15) is 0 Å². The zero-order valence-corrected chi connectivity index (χ0v) is 6.53. The Kier molecular flexibility index (Phi) is 1.77. The maximum atomic E-state index is 5.60. The third kappa shape index (κ3) is 1.22. The average Bonchev–Trinajstić information content (AvgIpc) is 2.50. The maximum absolute atomic E-state index is 5.60. The molecule has 2 rings (SSSR count). The molecule has 4 nitrogen and oxygen atoms in total. The number of nitrogens with two attached hydrogens (primary N) is 1. The van der Waals surface area contributed by atoms with Gasteiger partial charge in [0.2, 0.25) is 0 Å². The summed E-state index contributed by atoms with van der Waals surface area (Å²) in [5.41, 5.74) is 8.62. The summed E-state index contributed by atoms with van der Waals surface area (Å²) < 4.78 is 0. The lowest BCUT2D eigenvalue weighted by molar-refractivity contribution is 0.290. The minimum Gasteiger partial charge on any atom is -0.330 e. The van der Waals surface area contributed by atoms with Gasteiger partial charge >= 0.3 is 0 Å². The van der Waals surface area contributed by atoms with Crippen LogP contribution in [0.1, 0.15) is 19.3 Å². The molecule has 0 aromatic heterocycles. The topological polar surface area (TPSA) is 62.8 Å². The van der Waals surface area contributed by atoms with Gasteiger partial charge in [0.15, 0.2) is 0 Å². The molecule has 3 atom stereocenters. The van der Waals surface area contributed by atoms with Gasteiger partial charge in [-0.3, -0.25) is 5.43 Å². The number of nitrogens with one attached hydrogen (secondary N) is 1. The van der Waals surface area contributed by atoms with Gasteiger partial charge in [-0.2, -0.15) is 5.11 Å². The second kappa shape index (κ2) is 2.77. The quantitative estimate of drug-likeness (QED) is 0.576. The van der Waals surface area contributed by atoms with Crippen LogP contribution in [0.3, 0.4) is 0 Å². The Hall–Kier alpha value is -0.640. The largest absolute Gasteiger partial charge is 0.330 e. The molecular formula is C7H14N4. The molecule has 1 aliphatic carbocycles. The SMILES string of the molecule is NCC1CCC2N=NNC2C1. The minimum atomic E-state index is 0.442. The predicted octanol–water partition coefficient (Wildman–Crippen LogP) is 0.453. The minimum absolute atomic E-state index is 0.442. The summed E-state index contributed by atoms with van der Waals surface area (Å²) in [4.78, 5) is 0. The summed E-state index contributed by atoms with van der Waals surface area (Å²) in [7, 11) is 0. The third-order valence-corrected chi connectivity index (χ3v) is 2.69. The Morgan fingerprint density at radius 1 is 1.45 bits per heavy atom. The van der Waals surface area contributed by atoms with E-state index in [-0.39, 0.29) is 0 Å². The van der Waals surface area contributed by atoms with Crippen LogP contribution < -0.4 is 11.2 Å². The van der Waals surface area contributed by atoms with Crippen molar-refractivity contribution in [1.82, 2.24) is 5.43 Å². The first kappa shape index (κ1) is 7.03. The smallest absolute Gasteiger partial charge is 0.0947 e. The van der Waals surface area contributed by atoms with Crippen LogP contribution >= 0.6 is 0 Å². The van der Waals surface area contributed by atoms with E-state index in [1.54, 1.807) is 0 Å². The second-order valence-electron chi connectivity index (χ2n) is 3.43. The van der Waals surface area contributed by atoms with Crippen LogP contribution in [0.25, 0.3) is 0 Å². The van der Waals surface area contributed by atoms with Crippen molar-refractivity contribution in [3.05, 3.63) is 0 Å². The Bertz CT molecular complexity index is 168. The van der Waals surface area contributed by atoms with Crippen LogP contribution in [-0.2, 0) is 0 Å². The fourth-order valence-corrected chi connectivity index (χ4v) is 1.91. The lowest BCUT2D eigenvalue weighted by Crippen LogP contribution is -2.38. The molecule has 1 fully saturated rings. The Balaban J connectivity index is 1.94. The van der Waals surface area contributed by atoms with Crippen molar-refractivity contribution in [2.24, 2.45) is 22.0 Å². The standard InChI is InChI=1S/C7H14N4/c8-4-5-1-2-6-7(3-5)10-11-9-6/h5-7H,1-4,8H2,(H,9,10). The number of hydrogen-bond donors (Lipinski definition) is 2. The third-order valence-electron chi connectivity index (χ3n) is 2.69. The van der Waals surface area contributed by atoms with Gasteiger partial charge < -0.3 is 5.73 Å². The zero-order valence-electron chi connectivity index (χ0n) is 6.53. The van der Waals surface area contributed by atoms with Crippen LogP contribution in [0.5, 0.6) is 0 Å². The summed E-state index contributed by atoms with van der Waals surface area (Å²) in [6.45, 7) is 0.810. The first-order chi connectivity index (χ1) is 5.40. The monoisotopic (exact) mass is 154 g/mol. The van der Waals surface area contributed by atoms with Crippen molar-refractivity contribution in [2.75, 3.05) is 6.54 Å². The van der Waals surface area contributed by atoms with Crippen molar-refractivity contribution in [2.45, 2.75) is 31.3 Å². The van der Waals surface area contributed by atoms with Crippen LogP contribution in [-0.4, -0.2) is 18.6 Å². The summed E-state index contributed by atoms with van der Waals surface area (Å²) in [5.74, 6) is 0.687.